The average Bonchev–Trinajstić information content (AvgIpc) is 2.84. The number of nitrogens with one attached hydrogen (secondary N) is 1. The summed E-state index contributed by atoms with van der Waals surface area (Å²) in [6.07, 6.45) is 1.29. The van der Waals surface area contributed by atoms with Crippen molar-refractivity contribution >= 4 is 17.5 Å². The maximum absolute atomic E-state index is 12.4. The Morgan fingerprint density at radius 1 is 1.38 bits per heavy atom. The normalized spacial score (nSPS) is 22.1. The first-order valence-electron chi connectivity index (χ1n) is 7.54. The minimum absolute atomic E-state index is 0.0331. The molecule has 0 spiro atoms. The van der Waals surface area contributed by atoms with Gasteiger partial charge in [0.05, 0.1) is 6.54 Å². The van der Waals surface area contributed by atoms with E-state index in [1.807, 2.05) is 18.2 Å². The molecule has 1 aromatic carbocycles. The third-order valence-corrected chi connectivity index (χ3v) is 4.17. The highest BCUT2D eigenvalue weighted by atomic mass is 16.2. The number of nitrogens with zero attached hydrogens (tertiary/aromatic N) is 2. The zero-order valence-electron chi connectivity index (χ0n) is 12.3. The molecular weight excluding hydrogens is 266 g/mol. The van der Waals surface area contributed by atoms with Crippen LogP contribution < -0.4 is 10.2 Å². The molecule has 0 saturated carbocycles. The van der Waals surface area contributed by atoms with Crippen LogP contribution in [-0.2, 0) is 16.1 Å². The third-order valence-electron chi connectivity index (χ3n) is 4.17. The van der Waals surface area contributed by atoms with E-state index in [0.29, 0.717) is 19.0 Å². The number of fused-ring (bicyclic) bond motifs is 1. The van der Waals surface area contributed by atoms with Gasteiger partial charge in [-0.15, -0.1) is 0 Å². The lowest BCUT2D eigenvalue weighted by atomic mass is 10.1. The predicted molar refractivity (Wildman–Crippen MR) is 80.9 cm³/mol. The van der Waals surface area contributed by atoms with Crippen molar-refractivity contribution in [2.24, 2.45) is 0 Å². The van der Waals surface area contributed by atoms with E-state index in [1.54, 1.807) is 0 Å². The molecule has 21 heavy (non-hydrogen) atoms. The van der Waals surface area contributed by atoms with E-state index in [-0.39, 0.29) is 18.4 Å². The molecule has 1 saturated heterocycles. The highest BCUT2D eigenvalue weighted by Crippen LogP contribution is 2.23. The van der Waals surface area contributed by atoms with E-state index < -0.39 is 0 Å². The first-order chi connectivity index (χ1) is 10.1. The number of amides is 2. The maximum atomic E-state index is 12.4. The number of hydrogen-bond donors (Lipinski definition) is 1. The molecule has 3 rings (SSSR count). The van der Waals surface area contributed by atoms with Gasteiger partial charge in [0, 0.05) is 37.8 Å². The molecule has 1 N–H and O–H groups in total. The van der Waals surface area contributed by atoms with Gasteiger partial charge in [0.25, 0.3) is 0 Å². The Balaban J connectivity index is 1.80. The van der Waals surface area contributed by atoms with Crippen LogP contribution in [0.25, 0.3) is 0 Å². The zero-order valence-corrected chi connectivity index (χ0v) is 12.3. The zero-order chi connectivity index (χ0) is 14.8. The molecule has 1 unspecified atom stereocenters. The first kappa shape index (κ1) is 14.1. The molecule has 2 amide bonds. The van der Waals surface area contributed by atoms with Gasteiger partial charge < -0.3 is 10.2 Å². The van der Waals surface area contributed by atoms with Crippen molar-refractivity contribution in [2.45, 2.75) is 32.4 Å². The second kappa shape index (κ2) is 5.85. The Morgan fingerprint density at radius 2 is 2.19 bits per heavy atom. The predicted octanol–water partition coefficient (Wildman–Crippen LogP) is 1.13. The SMILES string of the molecule is CC1CN(CC(=O)N2CCCC2=O)c2ccccc2CN1. The summed E-state index contributed by atoms with van der Waals surface area (Å²) in [5.41, 5.74) is 2.29. The van der Waals surface area contributed by atoms with Crippen LogP contribution in [0.1, 0.15) is 25.3 Å². The summed E-state index contributed by atoms with van der Waals surface area (Å²) in [6.45, 7) is 4.54. The highest BCUT2D eigenvalue weighted by Gasteiger charge is 2.29. The quantitative estimate of drug-likeness (QED) is 0.886. The summed E-state index contributed by atoms with van der Waals surface area (Å²) >= 11 is 0. The fourth-order valence-corrected chi connectivity index (χ4v) is 3.06. The lowest BCUT2D eigenvalue weighted by molar-refractivity contribution is -0.140. The molecule has 5 nitrogen and oxygen atoms in total. The molecule has 0 radical (unpaired) electrons. The van der Waals surface area contributed by atoms with E-state index >= 15 is 0 Å². The van der Waals surface area contributed by atoms with Crippen molar-refractivity contribution in [3.05, 3.63) is 29.8 Å². The molecule has 112 valence electrons. The first-order valence-corrected chi connectivity index (χ1v) is 7.54. The number of para-hydroxylation sites is 1. The molecule has 1 fully saturated rings. The van der Waals surface area contributed by atoms with E-state index in [9.17, 15) is 9.59 Å². The number of carbonyl (C=O) groups excluding carboxylic acids is 2. The van der Waals surface area contributed by atoms with Crippen molar-refractivity contribution in [1.29, 1.82) is 0 Å². The minimum atomic E-state index is -0.0820. The molecule has 0 aromatic heterocycles. The summed E-state index contributed by atoms with van der Waals surface area (Å²) < 4.78 is 0. The summed E-state index contributed by atoms with van der Waals surface area (Å²) in [4.78, 5) is 27.6. The third kappa shape index (κ3) is 2.93. The minimum Gasteiger partial charge on any atom is -0.360 e. The molecule has 0 bridgehead atoms. The summed E-state index contributed by atoms with van der Waals surface area (Å²) in [5.74, 6) is -0.115. The van der Waals surface area contributed by atoms with Gasteiger partial charge in [-0.05, 0) is 25.0 Å². The van der Waals surface area contributed by atoms with Crippen molar-refractivity contribution in [1.82, 2.24) is 10.2 Å². The number of anilines is 1. The fraction of sp³-hybridized carbons (Fsp3) is 0.500. The molecule has 2 heterocycles. The van der Waals surface area contributed by atoms with Gasteiger partial charge >= 0.3 is 0 Å². The van der Waals surface area contributed by atoms with Crippen molar-refractivity contribution in [3.63, 3.8) is 0 Å². The molecule has 0 aliphatic carbocycles. The number of rotatable bonds is 2. The topological polar surface area (TPSA) is 52.7 Å². The van der Waals surface area contributed by atoms with Gasteiger partial charge in [0.1, 0.15) is 0 Å². The van der Waals surface area contributed by atoms with Crippen molar-refractivity contribution in [3.8, 4) is 0 Å². The summed E-state index contributed by atoms with van der Waals surface area (Å²) in [7, 11) is 0. The molecule has 1 aromatic rings. The van der Waals surface area contributed by atoms with Crippen LogP contribution in [0.3, 0.4) is 0 Å². The van der Waals surface area contributed by atoms with E-state index in [4.69, 9.17) is 0 Å². The number of likely N-dealkylation sites (tertiary alicyclic amines) is 1. The van der Waals surface area contributed by atoms with Crippen LogP contribution in [0.4, 0.5) is 5.69 Å². The lowest BCUT2D eigenvalue weighted by Gasteiger charge is -2.27. The van der Waals surface area contributed by atoms with E-state index in [1.165, 1.54) is 10.5 Å². The standard InChI is InChI=1S/C16H21N3O2/c1-12-10-18(11-16(21)19-8-4-7-15(19)20)14-6-3-2-5-13(14)9-17-12/h2-3,5-6,12,17H,4,7-11H2,1H3. The second-order valence-electron chi connectivity index (χ2n) is 5.83. The van der Waals surface area contributed by atoms with Crippen molar-refractivity contribution < 1.29 is 9.59 Å². The van der Waals surface area contributed by atoms with Crippen LogP contribution in [0.2, 0.25) is 0 Å². The van der Waals surface area contributed by atoms with Gasteiger partial charge in [-0.25, -0.2) is 0 Å². The Bertz CT molecular complexity index is 558. The van der Waals surface area contributed by atoms with Crippen molar-refractivity contribution in [2.75, 3.05) is 24.5 Å². The summed E-state index contributed by atoms with van der Waals surface area (Å²) in [6, 6.07) is 8.44. The van der Waals surface area contributed by atoms with E-state index in [0.717, 1.165) is 25.2 Å². The van der Waals surface area contributed by atoms with Crippen LogP contribution >= 0.6 is 0 Å². The number of hydrogen-bond acceptors (Lipinski definition) is 4. The van der Waals surface area contributed by atoms with E-state index in [2.05, 4.69) is 23.2 Å². The Hall–Kier alpha value is -1.88. The molecule has 2 aliphatic rings. The molecule has 2 aliphatic heterocycles. The Kier molecular flexibility index (Phi) is 3.92. The number of imide groups is 1. The number of benzene rings is 1. The molecular formula is C16H21N3O2. The van der Waals surface area contributed by atoms with Crippen LogP contribution in [-0.4, -0.2) is 42.4 Å². The summed E-state index contributed by atoms with van der Waals surface area (Å²) in [5, 5.41) is 3.45. The monoisotopic (exact) mass is 287 g/mol. The van der Waals surface area contributed by atoms with Crippen LogP contribution in [0.15, 0.2) is 24.3 Å². The average molecular weight is 287 g/mol. The molecule has 5 heteroatoms. The van der Waals surface area contributed by atoms with Gasteiger partial charge in [0.15, 0.2) is 0 Å². The second-order valence-corrected chi connectivity index (χ2v) is 5.83. The highest BCUT2D eigenvalue weighted by molar-refractivity contribution is 5.98. The Morgan fingerprint density at radius 3 is 2.95 bits per heavy atom. The van der Waals surface area contributed by atoms with Gasteiger partial charge in [-0.1, -0.05) is 18.2 Å². The smallest absolute Gasteiger partial charge is 0.248 e. The maximum Gasteiger partial charge on any atom is 0.248 e. The largest absolute Gasteiger partial charge is 0.360 e. The van der Waals surface area contributed by atoms with Crippen LogP contribution in [0.5, 0.6) is 0 Å². The van der Waals surface area contributed by atoms with Crippen LogP contribution in [0, 0.1) is 0 Å². The number of carbonyl (C=O) groups is 2. The van der Waals surface area contributed by atoms with Gasteiger partial charge in [-0.3, -0.25) is 14.5 Å². The fourth-order valence-electron chi connectivity index (χ4n) is 3.06. The lowest BCUT2D eigenvalue weighted by Crippen LogP contribution is -2.44. The molecule has 1 atom stereocenters. The van der Waals surface area contributed by atoms with Gasteiger partial charge in [-0.2, -0.15) is 0 Å². The Labute approximate surface area is 124 Å². The van der Waals surface area contributed by atoms with Gasteiger partial charge in [0.2, 0.25) is 11.8 Å².